The van der Waals surface area contributed by atoms with Crippen molar-refractivity contribution in [2.45, 2.75) is 45.1 Å². The fourth-order valence-electron chi connectivity index (χ4n) is 5.30. The van der Waals surface area contributed by atoms with E-state index in [-0.39, 0.29) is 0 Å². The molecule has 0 aromatic heterocycles. The van der Waals surface area contributed by atoms with E-state index in [9.17, 15) is 5.11 Å². The maximum Gasteiger partial charge on any atom is 0.119 e. The van der Waals surface area contributed by atoms with Crippen LogP contribution in [-0.4, -0.2) is 42.8 Å². The van der Waals surface area contributed by atoms with E-state index in [2.05, 4.69) is 71.3 Å². The van der Waals surface area contributed by atoms with Crippen LogP contribution in [0, 0.1) is 0 Å². The molecule has 2 aliphatic rings. The molecule has 0 spiro atoms. The quantitative estimate of drug-likeness (QED) is 0.443. The molecule has 0 amide bonds. The monoisotopic (exact) mass is 456 g/mol. The Morgan fingerprint density at radius 1 is 1.00 bits per heavy atom. The molecular weight excluding hydrogens is 420 g/mol. The van der Waals surface area contributed by atoms with Gasteiger partial charge in [0.2, 0.25) is 0 Å². The van der Waals surface area contributed by atoms with Crippen LogP contribution in [0.3, 0.4) is 0 Å². The summed E-state index contributed by atoms with van der Waals surface area (Å²) in [6, 6.07) is 23.4. The predicted molar refractivity (Wildman–Crippen MR) is 139 cm³/mol. The Labute approximate surface area is 203 Å². The second kappa shape index (κ2) is 10.5. The van der Waals surface area contributed by atoms with Gasteiger partial charge in [0.1, 0.15) is 18.1 Å². The number of para-hydroxylation sites is 1. The van der Waals surface area contributed by atoms with Crippen molar-refractivity contribution >= 4 is 5.69 Å². The van der Waals surface area contributed by atoms with E-state index in [1.165, 1.54) is 47.5 Å². The number of fused-ring (bicyclic) bond motifs is 1. The number of hydrogen-bond donors (Lipinski definition) is 1. The molecule has 3 aromatic rings. The molecule has 3 aromatic carbocycles. The summed E-state index contributed by atoms with van der Waals surface area (Å²) < 4.78 is 5.95. The van der Waals surface area contributed by atoms with Crippen LogP contribution in [0.2, 0.25) is 0 Å². The molecule has 1 heterocycles. The van der Waals surface area contributed by atoms with Gasteiger partial charge < -0.3 is 14.7 Å². The highest BCUT2D eigenvalue weighted by Gasteiger charge is 2.24. The van der Waals surface area contributed by atoms with Crippen LogP contribution in [0.1, 0.15) is 47.9 Å². The number of likely N-dealkylation sites (tertiary alicyclic amines) is 1. The average molecular weight is 457 g/mol. The molecule has 1 fully saturated rings. The number of aromatic hydroxyl groups is 1. The number of phenols is 1. The molecular formula is C30H36N2O2. The normalized spacial score (nSPS) is 17.6. The van der Waals surface area contributed by atoms with Crippen LogP contribution in [0.5, 0.6) is 11.5 Å². The summed E-state index contributed by atoms with van der Waals surface area (Å²) in [5.41, 5.74) is 6.75. The molecule has 1 aliphatic heterocycles. The summed E-state index contributed by atoms with van der Waals surface area (Å²) in [5, 5.41) is 9.84. The molecule has 1 saturated heterocycles. The Morgan fingerprint density at radius 2 is 1.82 bits per heavy atom. The Balaban J connectivity index is 1.26. The van der Waals surface area contributed by atoms with Gasteiger partial charge in [0.05, 0.1) is 0 Å². The number of aryl methyl sites for hydroxylation is 1. The van der Waals surface area contributed by atoms with E-state index >= 15 is 0 Å². The summed E-state index contributed by atoms with van der Waals surface area (Å²) in [6.07, 6.45) is 4.50. The summed E-state index contributed by atoms with van der Waals surface area (Å²) in [5.74, 6) is 1.84. The maximum atomic E-state index is 9.84. The lowest BCUT2D eigenvalue weighted by molar-refractivity contribution is 0.147. The fraction of sp³-hybridized carbons (Fsp3) is 0.400. The summed E-state index contributed by atoms with van der Waals surface area (Å²) in [6.45, 7) is 8.30. The number of rotatable bonds is 9. The van der Waals surface area contributed by atoms with Gasteiger partial charge >= 0.3 is 0 Å². The van der Waals surface area contributed by atoms with Crippen molar-refractivity contribution in [1.82, 2.24) is 4.90 Å². The number of phenolic OH excluding ortho intramolecular Hbond substituents is 1. The molecule has 1 aliphatic carbocycles. The van der Waals surface area contributed by atoms with E-state index in [1.807, 2.05) is 12.1 Å². The average Bonchev–Trinajstić information content (AvgIpc) is 2.84. The van der Waals surface area contributed by atoms with Crippen LogP contribution < -0.4 is 9.64 Å². The molecule has 1 N–H and O–H groups in total. The minimum absolute atomic E-state index is 0.377. The van der Waals surface area contributed by atoms with E-state index in [4.69, 9.17) is 4.74 Å². The molecule has 0 bridgehead atoms. The molecule has 34 heavy (non-hydrogen) atoms. The van der Waals surface area contributed by atoms with Crippen LogP contribution in [0.25, 0.3) is 0 Å². The molecule has 4 nitrogen and oxygen atoms in total. The van der Waals surface area contributed by atoms with Crippen molar-refractivity contribution < 1.29 is 9.84 Å². The molecule has 5 rings (SSSR count). The zero-order chi connectivity index (χ0) is 23.3. The van der Waals surface area contributed by atoms with Crippen molar-refractivity contribution in [2.24, 2.45) is 0 Å². The Kier molecular flexibility index (Phi) is 7.05. The fourth-order valence-corrected chi connectivity index (χ4v) is 5.30. The van der Waals surface area contributed by atoms with Gasteiger partial charge in [0, 0.05) is 25.3 Å². The van der Waals surface area contributed by atoms with Gasteiger partial charge in [-0.3, -0.25) is 4.90 Å². The Hall–Kier alpha value is -2.98. The van der Waals surface area contributed by atoms with Gasteiger partial charge in [-0.15, -0.1) is 0 Å². The first-order valence-electron chi connectivity index (χ1n) is 12.8. The number of anilines is 1. The second-order valence-electron chi connectivity index (χ2n) is 9.65. The number of benzene rings is 3. The summed E-state index contributed by atoms with van der Waals surface area (Å²) in [4.78, 5) is 4.92. The van der Waals surface area contributed by atoms with Crippen LogP contribution in [0.15, 0.2) is 66.7 Å². The van der Waals surface area contributed by atoms with Crippen LogP contribution in [0.4, 0.5) is 5.69 Å². The van der Waals surface area contributed by atoms with E-state index < -0.39 is 0 Å². The topological polar surface area (TPSA) is 35.9 Å². The number of hydrogen-bond acceptors (Lipinski definition) is 4. The molecule has 4 heteroatoms. The first-order chi connectivity index (χ1) is 16.7. The van der Waals surface area contributed by atoms with E-state index in [0.717, 1.165) is 51.3 Å². The van der Waals surface area contributed by atoms with Gasteiger partial charge in [-0.25, -0.2) is 0 Å². The zero-order valence-corrected chi connectivity index (χ0v) is 20.2. The third kappa shape index (κ3) is 5.23. The second-order valence-corrected chi connectivity index (χ2v) is 9.65. The smallest absolute Gasteiger partial charge is 0.119 e. The summed E-state index contributed by atoms with van der Waals surface area (Å²) >= 11 is 0. The summed E-state index contributed by atoms with van der Waals surface area (Å²) in [7, 11) is 0. The van der Waals surface area contributed by atoms with E-state index in [0.29, 0.717) is 11.7 Å². The van der Waals surface area contributed by atoms with Gasteiger partial charge in [-0.2, -0.15) is 0 Å². The molecule has 0 radical (unpaired) electrons. The third-order valence-corrected chi connectivity index (χ3v) is 7.44. The lowest BCUT2D eigenvalue weighted by atomic mass is 9.79. The Morgan fingerprint density at radius 3 is 2.59 bits per heavy atom. The first kappa shape index (κ1) is 22.8. The van der Waals surface area contributed by atoms with Crippen molar-refractivity contribution in [3.8, 4) is 11.5 Å². The van der Waals surface area contributed by atoms with Crippen molar-refractivity contribution in [3.05, 3.63) is 89.0 Å². The highest BCUT2D eigenvalue weighted by atomic mass is 16.5. The highest BCUT2D eigenvalue weighted by molar-refractivity contribution is 5.56. The van der Waals surface area contributed by atoms with Crippen molar-refractivity contribution in [2.75, 3.05) is 37.7 Å². The number of ether oxygens (including phenoxy) is 1. The van der Waals surface area contributed by atoms with Crippen LogP contribution in [-0.2, 0) is 19.4 Å². The third-order valence-electron chi connectivity index (χ3n) is 7.44. The van der Waals surface area contributed by atoms with Crippen LogP contribution >= 0.6 is 0 Å². The van der Waals surface area contributed by atoms with Crippen molar-refractivity contribution in [1.29, 1.82) is 0 Å². The highest BCUT2D eigenvalue weighted by Crippen LogP contribution is 2.38. The van der Waals surface area contributed by atoms with Crippen molar-refractivity contribution in [3.63, 3.8) is 0 Å². The maximum absolute atomic E-state index is 9.84. The Bertz CT molecular complexity index is 1090. The number of nitrogens with zero attached hydrogens (tertiary/aromatic N) is 2. The van der Waals surface area contributed by atoms with Gasteiger partial charge in [0.25, 0.3) is 0 Å². The largest absolute Gasteiger partial charge is 0.508 e. The minimum atomic E-state index is 0.377. The molecule has 0 unspecified atom stereocenters. The lowest BCUT2D eigenvalue weighted by Crippen LogP contribution is -2.39. The van der Waals surface area contributed by atoms with Gasteiger partial charge in [-0.1, -0.05) is 36.4 Å². The lowest BCUT2D eigenvalue weighted by Gasteiger charge is -2.31. The predicted octanol–water partition coefficient (Wildman–Crippen LogP) is 5.78. The minimum Gasteiger partial charge on any atom is -0.508 e. The zero-order valence-electron chi connectivity index (χ0n) is 20.2. The standard InChI is InChI=1S/C30H36N2O2/c1-2-32(22-23-8-14-28(15-9-23)34-19-18-31-16-5-17-31)30-7-4-3-6-29(30)26-11-10-25-21-27(33)13-12-24(25)20-26/h3-4,6-9,12-15,21,26,33H,2,5,10-11,16-20,22H2,1H3/t26-/m1/s1. The molecule has 1 atom stereocenters. The molecule has 0 saturated carbocycles. The van der Waals surface area contributed by atoms with E-state index in [1.54, 1.807) is 0 Å². The molecule has 178 valence electrons. The SMILES string of the molecule is CCN(Cc1ccc(OCCN2CCC2)cc1)c1ccccc1[C@@H]1CCc2cc(O)ccc2C1. The van der Waals surface area contributed by atoms with Gasteiger partial charge in [0.15, 0.2) is 0 Å². The van der Waals surface area contributed by atoms with Gasteiger partial charge in [-0.05, 0) is 104 Å². The first-order valence-corrected chi connectivity index (χ1v) is 12.8.